The molecule has 0 aliphatic heterocycles. The Bertz CT molecular complexity index is 941. The van der Waals surface area contributed by atoms with Crippen molar-refractivity contribution in [3.63, 3.8) is 0 Å². The molecule has 0 saturated heterocycles. The van der Waals surface area contributed by atoms with Crippen molar-refractivity contribution >= 4 is 11.8 Å². The molecule has 0 bridgehead atoms. The van der Waals surface area contributed by atoms with E-state index in [2.05, 4.69) is 5.10 Å². The van der Waals surface area contributed by atoms with Gasteiger partial charge in [-0.05, 0) is 57.2 Å². The summed E-state index contributed by atoms with van der Waals surface area (Å²) in [6.45, 7) is 5.32. The number of Topliss-reactive ketones (excluding diaryl/α,β-unsaturated/α-hetero) is 1. The lowest BCUT2D eigenvalue weighted by Crippen LogP contribution is -2.12. The number of benzene rings is 2. The van der Waals surface area contributed by atoms with Gasteiger partial charge in [0.05, 0.1) is 17.8 Å². The summed E-state index contributed by atoms with van der Waals surface area (Å²) in [5, 5.41) is 4.54. The zero-order chi connectivity index (χ0) is 18.7. The molecule has 0 atom stereocenters. The summed E-state index contributed by atoms with van der Waals surface area (Å²) in [4.78, 5) is 23.6. The van der Waals surface area contributed by atoms with Crippen LogP contribution >= 0.6 is 0 Å². The summed E-state index contributed by atoms with van der Waals surface area (Å²) >= 11 is 0. The number of esters is 1. The van der Waals surface area contributed by atoms with Crippen molar-refractivity contribution in [3.8, 4) is 11.4 Å². The van der Waals surface area contributed by atoms with E-state index in [1.54, 1.807) is 24.3 Å². The molecule has 2 aromatic carbocycles. The number of carbonyl (C=O) groups is 2. The number of rotatable bonds is 5. The Morgan fingerprint density at radius 3 is 2.27 bits per heavy atom. The van der Waals surface area contributed by atoms with Crippen molar-refractivity contribution in [2.24, 2.45) is 0 Å². The van der Waals surface area contributed by atoms with Crippen LogP contribution in [0.5, 0.6) is 5.75 Å². The van der Waals surface area contributed by atoms with E-state index in [0.717, 1.165) is 22.6 Å². The second-order valence-electron chi connectivity index (χ2n) is 6.13. The molecular weight excluding hydrogens is 328 g/mol. The molecule has 5 nitrogen and oxygen atoms in total. The summed E-state index contributed by atoms with van der Waals surface area (Å²) < 4.78 is 7.22. The lowest BCUT2D eigenvalue weighted by Gasteiger charge is -2.06. The fourth-order valence-corrected chi connectivity index (χ4v) is 2.82. The van der Waals surface area contributed by atoms with Gasteiger partial charge in [-0.3, -0.25) is 9.59 Å². The predicted octanol–water partition coefficient (Wildman–Crippen LogP) is 3.84. The number of para-hydroxylation sites is 1. The van der Waals surface area contributed by atoms with E-state index in [4.69, 9.17) is 4.74 Å². The first kappa shape index (κ1) is 17.6. The van der Waals surface area contributed by atoms with Gasteiger partial charge in [-0.15, -0.1) is 0 Å². The summed E-state index contributed by atoms with van der Waals surface area (Å²) in [5.41, 5.74) is 4.11. The Morgan fingerprint density at radius 2 is 1.65 bits per heavy atom. The fourth-order valence-electron chi connectivity index (χ4n) is 2.82. The molecule has 1 aromatic heterocycles. The van der Waals surface area contributed by atoms with Gasteiger partial charge in [-0.2, -0.15) is 5.10 Å². The molecule has 0 unspecified atom stereocenters. The normalized spacial score (nSPS) is 10.6. The quantitative estimate of drug-likeness (QED) is 0.399. The van der Waals surface area contributed by atoms with Gasteiger partial charge in [0.1, 0.15) is 5.75 Å². The van der Waals surface area contributed by atoms with E-state index in [1.165, 1.54) is 6.92 Å². The van der Waals surface area contributed by atoms with E-state index in [9.17, 15) is 9.59 Å². The molecule has 0 saturated carbocycles. The van der Waals surface area contributed by atoms with Gasteiger partial charge in [0.2, 0.25) is 0 Å². The molecule has 3 aromatic rings. The number of ether oxygens (including phenoxy) is 1. The highest BCUT2D eigenvalue weighted by molar-refractivity contribution is 5.94. The Kier molecular flexibility index (Phi) is 4.98. The van der Waals surface area contributed by atoms with Gasteiger partial charge in [0, 0.05) is 16.8 Å². The van der Waals surface area contributed by atoms with Gasteiger partial charge < -0.3 is 4.74 Å². The Labute approximate surface area is 152 Å². The van der Waals surface area contributed by atoms with Gasteiger partial charge in [-0.25, -0.2) is 4.68 Å². The second-order valence-corrected chi connectivity index (χ2v) is 6.13. The Morgan fingerprint density at radius 1 is 1.00 bits per heavy atom. The first-order valence-corrected chi connectivity index (χ1v) is 8.38. The van der Waals surface area contributed by atoms with Crippen LogP contribution in [0.25, 0.3) is 5.69 Å². The van der Waals surface area contributed by atoms with Crippen molar-refractivity contribution in [2.45, 2.75) is 27.2 Å². The third kappa shape index (κ3) is 3.72. The van der Waals surface area contributed by atoms with Crippen molar-refractivity contribution < 1.29 is 14.3 Å². The standard InChI is InChI=1S/C21H20N2O3/c1-14-20(15(2)23(22-14)18-7-5-4-6-8-18)13-21(25)26-19-11-9-17(10-12-19)16(3)24/h4-12H,13H2,1-3H3. The average molecular weight is 348 g/mol. The highest BCUT2D eigenvalue weighted by Gasteiger charge is 2.17. The molecular formula is C21H20N2O3. The van der Waals surface area contributed by atoms with Crippen molar-refractivity contribution in [2.75, 3.05) is 0 Å². The number of aromatic nitrogens is 2. The number of hydrogen-bond acceptors (Lipinski definition) is 4. The minimum atomic E-state index is -0.362. The number of nitrogens with zero attached hydrogens (tertiary/aromatic N) is 2. The van der Waals surface area contributed by atoms with E-state index < -0.39 is 0 Å². The number of hydrogen-bond donors (Lipinski definition) is 0. The second kappa shape index (κ2) is 7.35. The SMILES string of the molecule is CC(=O)c1ccc(OC(=O)Cc2c(C)nn(-c3ccccc3)c2C)cc1. The zero-order valence-electron chi connectivity index (χ0n) is 15.0. The highest BCUT2D eigenvalue weighted by atomic mass is 16.5. The third-order valence-electron chi connectivity index (χ3n) is 4.26. The molecule has 3 rings (SSSR count). The molecule has 0 N–H and O–H groups in total. The molecule has 1 heterocycles. The maximum absolute atomic E-state index is 12.3. The molecule has 26 heavy (non-hydrogen) atoms. The number of ketones is 1. The Balaban J connectivity index is 1.75. The lowest BCUT2D eigenvalue weighted by molar-refractivity contribution is -0.133. The van der Waals surface area contributed by atoms with E-state index in [0.29, 0.717) is 11.3 Å². The van der Waals surface area contributed by atoms with Crippen LogP contribution in [0, 0.1) is 13.8 Å². The Hall–Kier alpha value is -3.21. The minimum Gasteiger partial charge on any atom is -0.426 e. The monoisotopic (exact) mass is 348 g/mol. The van der Waals surface area contributed by atoms with Crippen molar-refractivity contribution in [3.05, 3.63) is 77.1 Å². The minimum absolute atomic E-state index is 0.0255. The van der Waals surface area contributed by atoms with Crippen molar-refractivity contribution in [1.82, 2.24) is 9.78 Å². The van der Waals surface area contributed by atoms with E-state index >= 15 is 0 Å². The molecule has 0 fully saturated rings. The molecule has 0 spiro atoms. The summed E-state index contributed by atoms with van der Waals surface area (Å²) in [7, 11) is 0. The molecule has 0 aliphatic rings. The third-order valence-corrected chi connectivity index (χ3v) is 4.26. The van der Waals surface area contributed by atoms with Gasteiger partial charge in [-0.1, -0.05) is 18.2 Å². The van der Waals surface area contributed by atoms with Gasteiger partial charge in [0.15, 0.2) is 5.78 Å². The van der Waals surface area contributed by atoms with Crippen LogP contribution in [0.4, 0.5) is 0 Å². The van der Waals surface area contributed by atoms with E-state index in [-0.39, 0.29) is 18.2 Å². The van der Waals surface area contributed by atoms with Crippen LogP contribution in [-0.4, -0.2) is 21.5 Å². The van der Waals surface area contributed by atoms with E-state index in [1.807, 2.05) is 48.9 Å². The largest absolute Gasteiger partial charge is 0.426 e. The van der Waals surface area contributed by atoms with Crippen LogP contribution < -0.4 is 4.74 Å². The molecule has 0 amide bonds. The number of carbonyl (C=O) groups excluding carboxylic acids is 2. The summed E-state index contributed by atoms with van der Waals surface area (Å²) in [6, 6.07) is 16.3. The van der Waals surface area contributed by atoms with Crippen LogP contribution in [0.1, 0.15) is 34.2 Å². The fraction of sp³-hybridized carbons (Fsp3) is 0.190. The maximum Gasteiger partial charge on any atom is 0.315 e. The maximum atomic E-state index is 12.3. The first-order chi connectivity index (χ1) is 12.5. The topological polar surface area (TPSA) is 61.2 Å². The van der Waals surface area contributed by atoms with Crippen LogP contribution in [0.15, 0.2) is 54.6 Å². The zero-order valence-corrected chi connectivity index (χ0v) is 15.0. The lowest BCUT2D eigenvalue weighted by atomic mass is 10.1. The van der Waals surface area contributed by atoms with Gasteiger partial charge >= 0.3 is 5.97 Å². The van der Waals surface area contributed by atoms with Crippen molar-refractivity contribution in [1.29, 1.82) is 0 Å². The molecule has 0 radical (unpaired) electrons. The smallest absolute Gasteiger partial charge is 0.315 e. The van der Waals surface area contributed by atoms with Crippen LogP contribution in [-0.2, 0) is 11.2 Å². The summed E-state index contributed by atoms with van der Waals surface area (Å²) in [6.07, 6.45) is 0.138. The highest BCUT2D eigenvalue weighted by Crippen LogP contribution is 2.20. The number of aryl methyl sites for hydroxylation is 1. The predicted molar refractivity (Wildman–Crippen MR) is 98.8 cm³/mol. The average Bonchev–Trinajstić information content (AvgIpc) is 2.91. The molecule has 0 aliphatic carbocycles. The van der Waals surface area contributed by atoms with Crippen LogP contribution in [0.2, 0.25) is 0 Å². The first-order valence-electron chi connectivity index (χ1n) is 8.38. The molecule has 132 valence electrons. The van der Waals surface area contributed by atoms with Gasteiger partial charge in [0.25, 0.3) is 0 Å². The summed E-state index contributed by atoms with van der Waals surface area (Å²) in [5.74, 6) is 0.0348. The van der Waals surface area contributed by atoms with Crippen LogP contribution in [0.3, 0.4) is 0 Å². The molecule has 5 heteroatoms.